The Labute approximate surface area is 109 Å². The molecule has 0 saturated heterocycles. The lowest BCUT2D eigenvalue weighted by Crippen LogP contribution is -2.02. The summed E-state index contributed by atoms with van der Waals surface area (Å²) in [6, 6.07) is 7.84. The predicted octanol–water partition coefficient (Wildman–Crippen LogP) is 3.01. The molecule has 0 spiro atoms. The fourth-order valence-electron chi connectivity index (χ4n) is 1.71. The van der Waals surface area contributed by atoms with Crippen LogP contribution in [0.5, 0.6) is 0 Å². The van der Waals surface area contributed by atoms with Gasteiger partial charge in [-0.2, -0.15) is 0 Å². The maximum absolute atomic E-state index is 4.50. The van der Waals surface area contributed by atoms with Crippen molar-refractivity contribution in [2.24, 2.45) is 0 Å². The Hall–Kier alpha value is -2.01. The minimum Gasteiger partial charge on any atom is -0.363 e. The number of thiazole rings is 1. The van der Waals surface area contributed by atoms with Gasteiger partial charge in [0.15, 0.2) is 0 Å². The van der Waals surface area contributed by atoms with Crippen molar-refractivity contribution in [3.63, 3.8) is 0 Å². The van der Waals surface area contributed by atoms with Crippen LogP contribution in [-0.4, -0.2) is 15.0 Å². The Kier molecular flexibility index (Phi) is 2.90. The molecular weight excluding hydrogens is 244 g/mol. The van der Waals surface area contributed by atoms with Crippen LogP contribution in [0, 0.1) is 6.92 Å². The number of rotatable bonds is 3. The molecule has 3 rings (SSSR count). The van der Waals surface area contributed by atoms with E-state index in [9.17, 15) is 0 Å². The van der Waals surface area contributed by atoms with E-state index in [1.54, 1.807) is 17.5 Å². The molecule has 2 aromatic heterocycles. The van der Waals surface area contributed by atoms with Crippen molar-refractivity contribution in [1.82, 2.24) is 15.0 Å². The van der Waals surface area contributed by atoms with Gasteiger partial charge in [-0.1, -0.05) is 12.1 Å². The van der Waals surface area contributed by atoms with Gasteiger partial charge in [0.2, 0.25) is 0 Å². The van der Waals surface area contributed by atoms with Crippen LogP contribution in [-0.2, 0) is 6.54 Å². The van der Waals surface area contributed by atoms with Crippen LogP contribution in [0.4, 0.5) is 5.82 Å². The van der Waals surface area contributed by atoms with Gasteiger partial charge in [0.05, 0.1) is 34.5 Å². The van der Waals surface area contributed by atoms with Gasteiger partial charge in [-0.05, 0) is 19.1 Å². The zero-order chi connectivity index (χ0) is 12.4. The van der Waals surface area contributed by atoms with Crippen LogP contribution in [0.15, 0.2) is 35.8 Å². The van der Waals surface area contributed by atoms with Crippen molar-refractivity contribution in [3.05, 3.63) is 46.5 Å². The monoisotopic (exact) mass is 256 g/mol. The Bertz CT molecular complexity index is 677. The van der Waals surface area contributed by atoms with E-state index >= 15 is 0 Å². The van der Waals surface area contributed by atoms with Gasteiger partial charge in [0.1, 0.15) is 5.82 Å². The molecule has 5 heteroatoms. The smallest absolute Gasteiger partial charge is 0.145 e. The summed E-state index contributed by atoms with van der Waals surface area (Å²) in [5, 5.41) is 6.37. The van der Waals surface area contributed by atoms with Gasteiger partial charge in [0.25, 0.3) is 0 Å². The maximum atomic E-state index is 4.50. The molecule has 0 amide bonds. The van der Waals surface area contributed by atoms with Crippen molar-refractivity contribution < 1.29 is 0 Å². The first-order chi connectivity index (χ1) is 8.81. The van der Waals surface area contributed by atoms with Crippen molar-refractivity contribution in [1.29, 1.82) is 0 Å². The summed E-state index contributed by atoms with van der Waals surface area (Å²) in [4.78, 5) is 13.3. The van der Waals surface area contributed by atoms with Crippen LogP contribution < -0.4 is 5.32 Å². The van der Waals surface area contributed by atoms with Gasteiger partial charge in [-0.25, -0.2) is 9.97 Å². The third kappa shape index (κ3) is 2.31. The highest BCUT2D eigenvalue weighted by molar-refractivity contribution is 7.09. The van der Waals surface area contributed by atoms with Gasteiger partial charge < -0.3 is 5.32 Å². The zero-order valence-electron chi connectivity index (χ0n) is 9.92. The number of benzene rings is 1. The average Bonchev–Trinajstić information content (AvgIpc) is 2.82. The second-order valence-electron chi connectivity index (χ2n) is 3.96. The molecule has 2 heterocycles. The van der Waals surface area contributed by atoms with Gasteiger partial charge in [-0.3, -0.25) is 4.98 Å². The van der Waals surface area contributed by atoms with E-state index in [1.807, 2.05) is 31.2 Å². The fraction of sp³-hybridized carbons (Fsp3) is 0.154. The molecule has 0 saturated carbocycles. The molecule has 0 atom stereocenters. The Morgan fingerprint density at radius 1 is 1.17 bits per heavy atom. The highest BCUT2D eigenvalue weighted by Crippen LogP contribution is 2.13. The topological polar surface area (TPSA) is 50.7 Å². The Morgan fingerprint density at radius 3 is 2.78 bits per heavy atom. The van der Waals surface area contributed by atoms with E-state index in [0.29, 0.717) is 6.54 Å². The largest absolute Gasteiger partial charge is 0.363 e. The Morgan fingerprint density at radius 2 is 2.00 bits per heavy atom. The molecule has 0 aliphatic rings. The number of fused-ring (bicyclic) bond motifs is 1. The molecule has 18 heavy (non-hydrogen) atoms. The summed E-state index contributed by atoms with van der Waals surface area (Å²) < 4.78 is 0. The number of aryl methyl sites for hydroxylation is 1. The van der Waals surface area contributed by atoms with Crippen LogP contribution in [0.25, 0.3) is 11.0 Å². The summed E-state index contributed by atoms with van der Waals surface area (Å²) in [5.41, 5.74) is 2.84. The summed E-state index contributed by atoms with van der Waals surface area (Å²) in [5.74, 6) is 0.777. The van der Waals surface area contributed by atoms with Gasteiger partial charge in [0, 0.05) is 5.38 Å². The number of hydrogen-bond donors (Lipinski definition) is 1. The third-order valence-electron chi connectivity index (χ3n) is 2.57. The minimum absolute atomic E-state index is 0.678. The van der Waals surface area contributed by atoms with E-state index in [-0.39, 0.29) is 0 Å². The van der Waals surface area contributed by atoms with Crippen LogP contribution in [0.2, 0.25) is 0 Å². The molecule has 0 fully saturated rings. The lowest BCUT2D eigenvalue weighted by Gasteiger charge is -2.04. The number of anilines is 1. The number of nitrogens with one attached hydrogen (secondary N) is 1. The first-order valence-corrected chi connectivity index (χ1v) is 6.56. The second kappa shape index (κ2) is 4.70. The standard InChI is InChI=1S/C13H12N4S/c1-9-16-10(8-18-9)6-15-13-7-14-11-4-2-3-5-12(11)17-13/h2-5,7-8H,6H2,1H3,(H,15,17). The van der Waals surface area contributed by atoms with Crippen molar-refractivity contribution in [2.45, 2.75) is 13.5 Å². The molecule has 0 radical (unpaired) electrons. The predicted molar refractivity (Wildman–Crippen MR) is 73.7 cm³/mol. The molecule has 1 aromatic carbocycles. The molecule has 0 unspecified atom stereocenters. The summed E-state index contributed by atoms with van der Waals surface area (Å²) in [7, 11) is 0. The van der Waals surface area contributed by atoms with Crippen LogP contribution in [0.1, 0.15) is 10.7 Å². The second-order valence-corrected chi connectivity index (χ2v) is 5.02. The summed E-state index contributed by atoms with van der Waals surface area (Å²) >= 11 is 1.65. The first kappa shape index (κ1) is 11.1. The Balaban J connectivity index is 1.78. The number of nitrogens with zero attached hydrogens (tertiary/aromatic N) is 3. The molecule has 4 nitrogen and oxygen atoms in total. The van der Waals surface area contributed by atoms with E-state index in [1.165, 1.54) is 0 Å². The quantitative estimate of drug-likeness (QED) is 0.782. The summed E-state index contributed by atoms with van der Waals surface area (Å²) in [6.45, 7) is 2.68. The normalized spacial score (nSPS) is 10.7. The number of aromatic nitrogens is 3. The SMILES string of the molecule is Cc1nc(CNc2cnc3ccccc3n2)cs1. The number of hydrogen-bond acceptors (Lipinski definition) is 5. The minimum atomic E-state index is 0.678. The van der Waals surface area contributed by atoms with Gasteiger partial charge >= 0.3 is 0 Å². The fourth-order valence-corrected chi connectivity index (χ4v) is 2.33. The highest BCUT2D eigenvalue weighted by Gasteiger charge is 2.01. The van der Waals surface area contributed by atoms with E-state index in [4.69, 9.17) is 0 Å². The van der Waals surface area contributed by atoms with Crippen LogP contribution in [0.3, 0.4) is 0 Å². The molecule has 0 aliphatic heterocycles. The third-order valence-corrected chi connectivity index (χ3v) is 3.39. The van der Waals surface area contributed by atoms with E-state index < -0.39 is 0 Å². The molecule has 0 bridgehead atoms. The number of para-hydroxylation sites is 2. The van der Waals surface area contributed by atoms with Crippen molar-refractivity contribution in [2.75, 3.05) is 5.32 Å². The molecule has 90 valence electrons. The zero-order valence-corrected chi connectivity index (χ0v) is 10.7. The lowest BCUT2D eigenvalue weighted by molar-refractivity contribution is 1.04. The lowest BCUT2D eigenvalue weighted by atomic mass is 10.3. The maximum Gasteiger partial charge on any atom is 0.145 e. The van der Waals surface area contributed by atoms with Crippen molar-refractivity contribution in [3.8, 4) is 0 Å². The highest BCUT2D eigenvalue weighted by atomic mass is 32.1. The molecule has 3 aromatic rings. The molecule has 1 N–H and O–H groups in total. The van der Waals surface area contributed by atoms with E-state index in [2.05, 4.69) is 25.6 Å². The van der Waals surface area contributed by atoms with Gasteiger partial charge in [-0.15, -0.1) is 11.3 Å². The van der Waals surface area contributed by atoms with Crippen LogP contribution >= 0.6 is 11.3 Å². The molecule has 0 aliphatic carbocycles. The van der Waals surface area contributed by atoms with E-state index in [0.717, 1.165) is 27.6 Å². The average molecular weight is 256 g/mol. The first-order valence-electron chi connectivity index (χ1n) is 5.68. The van der Waals surface area contributed by atoms with Crippen molar-refractivity contribution >= 4 is 28.2 Å². The molecular formula is C13H12N4S. The summed E-state index contributed by atoms with van der Waals surface area (Å²) in [6.07, 6.45) is 1.75.